The van der Waals surface area contributed by atoms with Crippen LogP contribution in [0.3, 0.4) is 0 Å². The van der Waals surface area contributed by atoms with Crippen molar-refractivity contribution < 1.29 is 76.3 Å². The Labute approximate surface area is 638 Å². The van der Waals surface area contributed by atoms with Crippen LogP contribution in [0.2, 0.25) is 0 Å². The highest BCUT2D eigenvalue weighted by molar-refractivity contribution is 9.10. The summed E-state index contributed by atoms with van der Waals surface area (Å²) in [6.07, 6.45) is 5.41. The lowest BCUT2D eigenvalue weighted by Crippen LogP contribution is -2.52. The van der Waals surface area contributed by atoms with Gasteiger partial charge in [-0.15, -0.1) is 0 Å². The Kier molecular flexibility index (Phi) is 28.8. The van der Waals surface area contributed by atoms with Crippen LogP contribution in [0, 0.1) is 52.4 Å². The summed E-state index contributed by atoms with van der Waals surface area (Å²) in [7, 11) is -2.77. The standard InChI is InChI=1S/C35H45BN2O7.C35H43BrN2O5.C12H24B2O4/c1-23-20-24(2)22-27(21-23)34(40)38(32(35(4,5)6)26-12-8-7-9-13-26)37-33(39)28-15-16-29(36(41)42)31(25(28)3)45-19-18-44-30-14-10-11-17-43-30;1-23-20-24(2)22-27(21-23)34(40)38(32(35(4,5)6)26-12-8-7-9-13-26)37-33(39)28-15-16-29(36)31(25(28)3)43-19-18-42-30-14-10-11-17-41-30;1-9(2)10(3,4)16-13(15-9)14-17-11(5,6)12(7,8)18-14/h7-9,12-13,15-16,20-22,30,32,41-42H,10-11,14,17-19H2,1-6H3,(H,37,39);7-9,12-13,15-16,20-22,30,32H,10-11,14,17-19H2,1-6H3,(H,37,39);1-8H3. The fraction of sp³-hybridized carbons (Fsp3) is 0.512. The van der Waals surface area contributed by atoms with Crippen molar-refractivity contribution in [2.24, 2.45) is 10.8 Å². The summed E-state index contributed by atoms with van der Waals surface area (Å²) in [5.41, 5.74) is 12.0. The molecular weight excluding hydrogens is 1410 g/mol. The Morgan fingerprint density at radius 1 is 0.509 bits per heavy atom. The Hall–Kier alpha value is -6.93. The molecule has 4 amide bonds. The molecule has 24 heteroatoms. The van der Waals surface area contributed by atoms with Crippen LogP contribution in [0.5, 0.6) is 11.5 Å². The number of rotatable bonds is 20. The Morgan fingerprint density at radius 2 is 0.858 bits per heavy atom. The van der Waals surface area contributed by atoms with Crippen molar-refractivity contribution >= 4 is 66.2 Å². The van der Waals surface area contributed by atoms with E-state index in [1.54, 1.807) is 19.1 Å². The van der Waals surface area contributed by atoms with E-state index in [4.69, 9.17) is 47.0 Å². The van der Waals surface area contributed by atoms with Gasteiger partial charge in [0.25, 0.3) is 23.6 Å². The molecule has 572 valence electrons. The van der Waals surface area contributed by atoms with Crippen LogP contribution in [0.1, 0.15) is 233 Å². The second-order valence-corrected chi connectivity index (χ2v) is 33.1. The van der Waals surface area contributed by atoms with Crippen LogP contribution < -0.4 is 25.8 Å². The molecule has 10 rings (SSSR count). The number of hydrogen-bond acceptors (Lipinski definition) is 16. The fourth-order valence-electron chi connectivity index (χ4n) is 13.4. The average molecular weight is 1520 g/mol. The first-order valence-electron chi connectivity index (χ1n) is 37.0. The van der Waals surface area contributed by atoms with Gasteiger partial charge in [0.15, 0.2) is 12.6 Å². The number of amides is 4. The van der Waals surface area contributed by atoms with E-state index in [1.807, 2.05) is 208 Å². The number of carbonyl (C=O) groups excluding carboxylic acids is 4. The lowest BCUT2D eigenvalue weighted by Gasteiger charge is -2.40. The quantitative estimate of drug-likeness (QED) is 0.0316. The Balaban J connectivity index is 0.000000218. The summed E-state index contributed by atoms with van der Waals surface area (Å²) in [5, 5.41) is 23.0. The molecule has 6 aromatic carbocycles. The molecule has 4 saturated heterocycles. The number of benzene rings is 6. The first-order valence-corrected chi connectivity index (χ1v) is 37.8. The zero-order valence-electron chi connectivity index (χ0n) is 66.0. The summed E-state index contributed by atoms with van der Waals surface area (Å²) in [5.74, 6) is -0.831. The summed E-state index contributed by atoms with van der Waals surface area (Å²) in [6, 6.07) is 36.3. The molecule has 4 N–H and O–H groups in total. The predicted molar refractivity (Wildman–Crippen MR) is 419 cm³/mol. The van der Waals surface area contributed by atoms with E-state index in [-0.39, 0.29) is 76.8 Å². The van der Waals surface area contributed by atoms with Crippen LogP contribution in [0.4, 0.5) is 0 Å². The van der Waals surface area contributed by atoms with E-state index in [0.29, 0.717) is 53.4 Å². The van der Waals surface area contributed by atoms with E-state index < -0.39 is 55.9 Å². The number of hydrazine groups is 2. The van der Waals surface area contributed by atoms with Crippen molar-refractivity contribution in [3.05, 3.63) is 193 Å². The third-order valence-corrected chi connectivity index (χ3v) is 20.7. The summed E-state index contributed by atoms with van der Waals surface area (Å²) in [6.45, 7) is 42.2. The maximum Gasteiger partial charge on any atom is 0.492 e. The topological polar surface area (TPSA) is 232 Å². The lowest BCUT2D eigenvalue weighted by atomic mass is 9.49. The van der Waals surface area contributed by atoms with Gasteiger partial charge < -0.3 is 57.1 Å². The van der Waals surface area contributed by atoms with E-state index >= 15 is 0 Å². The van der Waals surface area contributed by atoms with Crippen molar-refractivity contribution in [2.45, 2.75) is 224 Å². The third-order valence-electron chi connectivity index (χ3n) is 20.1. The summed E-state index contributed by atoms with van der Waals surface area (Å²) >= 11 is 3.57. The maximum absolute atomic E-state index is 14.3. The maximum atomic E-state index is 14.3. The van der Waals surface area contributed by atoms with E-state index in [9.17, 15) is 29.2 Å². The first kappa shape index (κ1) is 84.7. The molecule has 106 heavy (non-hydrogen) atoms. The van der Waals surface area contributed by atoms with Gasteiger partial charge in [0.05, 0.1) is 52.2 Å². The number of aryl methyl sites for hydroxylation is 4. The molecular formula is C82H112B3BrN4O16. The molecule has 0 bridgehead atoms. The van der Waals surface area contributed by atoms with Crippen LogP contribution in [0.25, 0.3) is 0 Å². The Morgan fingerprint density at radius 3 is 1.20 bits per heavy atom. The van der Waals surface area contributed by atoms with Gasteiger partial charge in [0.2, 0.25) is 0 Å². The van der Waals surface area contributed by atoms with Gasteiger partial charge in [0.1, 0.15) is 24.7 Å². The zero-order chi connectivity index (χ0) is 77.9. The molecule has 0 aromatic heterocycles. The van der Waals surface area contributed by atoms with Gasteiger partial charge >= 0.3 is 21.1 Å². The molecule has 4 heterocycles. The first-order chi connectivity index (χ1) is 49.7. The highest BCUT2D eigenvalue weighted by Gasteiger charge is 2.64. The molecule has 4 fully saturated rings. The van der Waals surface area contributed by atoms with Gasteiger partial charge in [0, 0.05) is 52.1 Å². The summed E-state index contributed by atoms with van der Waals surface area (Å²) in [4.78, 5) is 56.6. The van der Waals surface area contributed by atoms with Gasteiger partial charge in [-0.2, -0.15) is 0 Å². The minimum atomic E-state index is -1.82. The highest BCUT2D eigenvalue weighted by Crippen LogP contribution is 2.44. The second kappa shape index (κ2) is 36.1. The second-order valence-electron chi connectivity index (χ2n) is 32.2. The van der Waals surface area contributed by atoms with Gasteiger partial charge in [-0.1, -0.05) is 143 Å². The third kappa shape index (κ3) is 21.7. The number of hydrogen-bond donors (Lipinski definition) is 4. The van der Waals surface area contributed by atoms with Crippen LogP contribution in [-0.4, -0.2) is 139 Å². The monoisotopic (exact) mass is 1520 g/mol. The zero-order valence-corrected chi connectivity index (χ0v) is 67.5. The van der Waals surface area contributed by atoms with Crippen LogP contribution >= 0.6 is 15.9 Å². The predicted octanol–water partition coefficient (Wildman–Crippen LogP) is 14.9. The van der Waals surface area contributed by atoms with Crippen molar-refractivity contribution in [3.8, 4) is 11.5 Å². The molecule has 20 nitrogen and oxygen atoms in total. The highest BCUT2D eigenvalue weighted by atomic mass is 79.9. The number of halogens is 1. The minimum absolute atomic E-state index is 0.114. The van der Waals surface area contributed by atoms with Gasteiger partial charge in [-0.3, -0.25) is 30.0 Å². The molecule has 4 aliphatic heterocycles. The molecule has 4 unspecified atom stereocenters. The van der Waals surface area contributed by atoms with E-state index in [0.717, 1.165) is 83.0 Å². The Bertz CT molecular complexity index is 3860. The van der Waals surface area contributed by atoms with Crippen molar-refractivity contribution in [1.29, 1.82) is 0 Å². The largest absolute Gasteiger partial charge is 0.492 e. The van der Waals surface area contributed by atoms with Crippen LogP contribution in [0.15, 0.2) is 126 Å². The summed E-state index contributed by atoms with van der Waals surface area (Å²) < 4.78 is 59.4. The number of ether oxygens (including phenoxy) is 6. The molecule has 0 spiro atoms. The van der Waals surface area contributed by atoms with E-state index in [2.05, 4.69) is 47.6 Å². The minimum Gasteiger partial charge on any atom is -0.491 e. The smallest absolute Gasteiger partial charge is 0.491 e. The van der Waals surface area contributed by atoms with E-state index in [1.165, 1.54) is 22.2 Å². The molecule has 0 radical (unpaired) electrons. The van der Waals surface area contributed by atoms with Crippen molar-refractivity contribution in [1.82, 2.24) is 20.9 Å². The normalized spacial score (nSPS) is 18.6. The van der Waals surface area contributed by atoms with Crippen molar-refractivity contribution in [3.63, 3.8) is 0 Å². The lowest BCUT2D eigenvalue weighted by molar-refractivity contribution is -0.165. The molecule has 4 aliphatic rings. The number of nitrogens with one attached hydrogen (secondary N) is 2. The van der Waals surface area contributed by atoms with Gasteiger partial charge in [-0.05, 0) is 216 Å². The van der Waals surface area contributed by atoms with Crippen molar-refractivity contribution in [2.75, 3.05) is 39.6 Å². The fourth-order valence-corrected chi connectivity index (χ4v) is 13.9. The SMILES string of the molecule is CC1(C)OB(B2OC(C)(C)C(C)(C)O2)OC1(C)C.Cc1cc(C)cc(C(=O)N(NC(=O)c2ccc(B(O)O)c(OCCOC3CCCCO3)c2C)C(c2ccccc2)C(C)(C)C)c1.Cc1cc(C)cc(C(=O)N(NC(=O)c2ccc(Br)c(OCCOC3CCCCO3)c2C)C(c2ccccc2)C(C)(C)C)c1. The van der Waals surface area contributed by atoms with Gasteiger partial charge in [-0.25, -0.2) is 10.0 Å². The molecule has 4 atom stereocenters. The van der Waals surface area contributed by atoms with Crippen LogP contribution in [-0.2, 0) is 37.6 Å². The number of nitrogens with zero attached hydrogens (tertiary/aromatic N) is 2. The molecule has 0 aliphatic carbocycles. The molecule has 0 saturated carbocycles. The number of carbonyl (C=O) groups is 4. The molecule has 6 aromatic rings. The average Bonchev–Trinajstić information content (AvgIpc) is 1.60.